The van der Waals surface area contributed by atoms with Gasteiger partial charge in [0.15, 0.2) is 0 Å². The molecule has 0 amide bonds. The molecular formula is C13H13Br2NO3. The Hall–Kier alpha value is -1.01. The second kappa shape index (κ2) is 5.96. The molecule has 0 aliphatic heterocycles. The third kappa shape index (κ3) is 2.39. The number of ether oxygens (including phenoxy) is 2. The lowest BCUT2D eigenvalue weighted by Crippen LogP contribution is -2.14. The number of hydrogen-bond acceptors (Lipinski definition) is 3. The van der Waals surface area contributed by atoms with Gasteiger partial charge in [0, 0.05) is 21.7 Å². The highest BCUT2D eigenvalue weighted by atomic mass is 79.9. The average Bonchev–Trinajstić information content (AvgIpc) is 2.78. The Morgan fingerprint density at radius 2 is 2.00 bits per heavy atom. The van der Waals surface area contributed by atoms with Crippen molar-refractivity contribution in [3.63, 3.8) is 0 Å². The van der Waals surface area contributed by atoms with Gasteiger partial charge in [0.2, 0.25) is 0 Å². The number of carbonyl (C=O) groups is 1. The van der Waals surface area contributed by atoms with Gasteiger partial charge in [-0.15, -0.1) is 0 Å². The minimum absolute atomic E-state index is 0.392. The van der Waals surface area contributed by atoms with Crippen LogP contribution >= 0.6 is 31.9 Å². The predicted octanol–water partition coefficient (Wildman–Crippen LogP) is 4.05. The number of halogens is 2. The number of aromatic nitrogens is 1. The maximum absolute atomic E-state index is 12.0. The first-order valence-electron chi connectivity index (χ1n) is 5.58. The summed E-state index contributed by atoms with van der Waals surface area (Å²) in [4.78, 5) is 12.0. The Morgan fingerprint density at radius 1 is 1.26 bits per heavy atom. The van der Waals surface area contributed by atoms with E-state index in [-0.39, 0.29) is 0 Å². The highest BCUT2D eigenvalue weighted by Gasteiger charge is 2.20. The van der Waals surface area contributed by atoms with E-state index in [1.54, 1.807) is 11.7 Å². The number of carbonyl (C=O) groups excluding carboxylic acids is 1. The molecule has 6 heteroatoms. The lowest BCUT2D eigenvalue weighted by molar-refractivity contribution is 0.173. The summed E-state index contributed by atoms with van der Waals surface area (Å²) in [5.41, 5.74) is 2.75. The van der Waals surface area contributed by atoms with Crippen LogP contribution in [0.15, 0.2) is 18.2 Å². The minimum atomic E-state index is -0.392. The fourth-order valence-corrected chi connectivity index (χ4v) is 3.32. The van der Waals surface area contributed by atoms with E-state index in [1.165, 1.54) is 7.11 Å². The third-order valence-corrected chi connectivity index (χ3v) is 4.10. The Labute approximate surface area is 127 Å². The zero-order valence-electron chi connectivity index (χ0n) is 10.6. The van der Waals surface area contributed by atoms with E-state index >= 15 is 0 Å². The maximum Gasteiger partial charge on any atom is 0.418 e. The lowest BCUT2D eigenvalue weighted by Gasteiger charge is -2.06. The molecule has 0 radical (unpaired) electrons. The van der Waals surface area contributed by atoms with E-state index in [4.69, 9.17) is 9.47 Å². The molecule has 0 unspecified atom stereocenters. The molecule has 0 saturated heterocycles. The third-order valence-electron chi connectivity index (χ3n) is 3.01. The van der Waals surface area contributed by atoms with Gasteiger partial charge in [0.25, 0.3) is 0 Å². The first kappa shape index (κ1) is 14.4. The smallest absolute Gasteiger partial charge is 0.418 e. The molecule has 0 aliphatic rings. The van der Waals surface area contributed by atoms with Gasteiger partial charge in [-0.3, -0.25) is 0 Å². The molecule has 2 aromatic rings. The zero-order chi connectivity index (χ0) is 14.0. The summed E-state index contributed by atoms with van der Waals surface area (Å²) in [6, 6.07) is 5.62. The molecule has 1 heterocycles. The van der Waals surface area contributed by atoms with Crippen molar-refractivity contribution < 1.29 is 14.3 Å². The van der Waals surface area contributed by atoms with Crippen LogP contribution in [0, 0.1) is 0 Å². The van der Waals surface area contributed by atoms with Gasteiger partial charge in [0.1, 0.15) is 5.75 Å². The molecule has 102 valence electrons. The number of alkyl halides is 2. The molecule has 0 aliphatic carbocycles. The summed E-state index contributed by atoms with van der Waals surface area (Å²) in [6.07, 6.45) is -0.392. The van der Waals surface area contributed by atoms with Gasteiger partial charge >= 0.3 is 6.09 Å². The van der Waals surface area contributed by atoms with Crippen LogP contribution in [0.3, 0.4) is 0 Å². The van der Waals surface area contributed by atoms with Gasteiger partial charge in [-0.1, -0.05) is 31.9 Å². The van der Waals surface area contributed by atoms with Gasteiger partial charge in [-0.25, -0.2) is 9.36 Å². The number of fused-ring (bicyclic) bond motifs is 1. The highest BCUT2D eigenvalue weighted by Crippen LogP contribution is 2.32. The highest BCUT2D eigenvalue weighted by molar-refractivity contribution is 9.09. The number of methoxy groups -OCH3 is 2. The summed E-state index contributed by atoms with van der Waals surface area (Å²) in [5.74, 6) is 0.762. The van der Waals surface area contributed by atoms with Crippen molar-refractivity contribution in [1.29, 1.82) is 0 Å². The van der Waals surface area contributed by atoms with Gasteiger partial charge in [0.05, 0.1) is 19.7 Å². The van der Waals surface area contributed by atoms with Crippen LogP contribution in [-0.4, -0.2) is 24.9 Å². The van der Waals surface area contributed by atoms with Gasteiger partial charge < -0.3 is 9.47 Å². The summed E-state index contributed by atoms with van der Waals surface area (Å²) in [6.45, 7) is 0. The van der Waals surface area contributed by atoms with Crippen molar-refractivity contribution >= 4 is 48.9 Å². The standard InChI is InChI=1S/C13H13Br2NO3/c1-18-8-3-4-11-9(5-8)10(6-14)12(7-15)16(11)13(17)19-2/h3-5H,6-7H2,1-2H3. The van der Waals surface area contributed by atoms with E-state index in [2.05, 4.69) is 31.9 Å². The van der Waals surface area contributed by atoms with E-state index in [0.717, 1.165) is 27.9 Å². The molecular weight excluding hydrogens is 378 g/mol. The first-order valence-corrected chi connectivity index (χ1v) is 7.82. The van der Waals surface area contributed by atoms with E-state index in [9.17, 15) is 4.79 Å². The zero-order valence-corrected chi connectivity index (χ0v) is 13.7. The molecule has 0 fully saturated rings. The molecule has 0 N–H and O–H groups in total. The topological polar surface area (TPSA) is 40.5 Å². The Morgan fingerprint density at radius 3 is 2.53 bits per heavy atom. The Kier molecular flexibility index (Phi) is 4.52. The Bertz CT molecular complexity index is 622. The second-order valence-corrected chi connectivity index (χ2v) is 5.00. The van der Waals surface area contributed by atoms with Crippen molar-refractivity contribution in [3.05, 3.63) is 29.5 Å². The van der Waals surface area contributed by atoms with E-state index < -0.39 is 6.09 Å². The Balaban J connectivity index is 2.82. The normalized spacial score (nSPS) is 10.7. The van der Waals surface area contributed by atoms with Crippen LogP contribution in [0.1, 0.15) is 11.3 Å². The van der Waals surface area contributed by atoms with Crippen molar-refractivity contribution in [2.24, 2.45) is 0 Å². The molecule has 4 nitrogen and oxygen atoms in total. The monoisotopic (exact) mass is 389 g/mol. The molecule has 0 saturated carbocycles. The molecule has 0 spiro atoms. The number of rotatable bonds is 3. The van der Waals surface area contributed by atoms with Gasteiger partial charge in [-0.05, 0) is 23.8 Å². The van der Waals surface area contributed by atoms with Crippen molar-refractivity contribution in [1.82, 2.24) is 4.57 Å². The van der Waals surface area contributed by atoms with Crippen molar-refractivity contribution in [2.45, 2.75) is 10.7 Å². The van der Waals surface area contributed by atoms with Crippen molar-refractivity contribution in [2.75, 3.05) is 14.2 Å². The van der Waals surface area contributed by atoms with Crippen LogP contribution in [0.4, 0.5) is 4.79 Å². The number of benzene rings is 1. The summed E-state index contributed by atoms with van der Waals surface area (Å²) < 4.78 is 11.7. The van der Waals surface area contributed by atoms with E-state index in [1.807, 2.05) is 18.2 Å². The maximum atomic E-state index is 12.0. The summed E-state index contributed by atoms with van der Waals surface area (Å²) in [7, 11) is 3.00. The summed E-state index contributed by atoms with van der Waals surface area (Å²) in [5, 5.41) is 2.21. The number of hydrogen-bond donors (Lipinski definition) is 0. The van der Waals surface area contributed by atoms with Crippen LogP contribution in [-0.2, 0) is 15.4 Å². The van der Waals surface area contributed by atoms with E-state index in [0.29, 0.717) is 10.7 Å². The SMILES string of the molecule is COC(=O)n1c(CBr)c(CBr)c2cc(OC)ccc21. The average molecular weight is 391 g/mol. The molecule has 1 aromatic heterocycles. The second-order valence-electron chi connectivity index (χ2n) is 3.88. The molecule has 19 heavy (non-hydrogen) atoms. The quantitative estimate of drug-likeness (QED) is 0.742. The van der Waals surface area contributed by atoms with Crippen LogP contribution in [0.2, 0.25) is 0 Å². The van der Waals surface area contributed by atoms with Gasteiger partial charge in [-0.2, -0.15) is 0 Å². The summed E-state index contributed by atoms with van der Waals surface area (Å²) >= 11 is 6.90. The molecule has 2 rings (SSSR count). The molecule has 1 aromatic carbocycles. The van der Waals surface area contributed by atoms with Crippen LogP contribution < -0.4 is 4.74 Å². The van der Waals surface area contributed by atoms with Crippen molar-refractivity contribution in [3.8, 4) is 5.75 Å². The largest absolute Gasteiger partial charge is 0.497 e. The molecule has 0 bridgehead atoms. The molecule has 0 atom stereocenters. The predicted molar refractivity (Wildman–Crippen MR) is 81.6 cm³/mol. The minimum Gasteiger partial charge on any atom is -0.497 e. The van der Waals surface area contributed by atoms with Crippen LogP contribution in [0.25, 0.3) is 10.9 Å². The fraction of sp³-hybridized carbons (Fsp3) is 0.308. The fourth-order valence-electron chi connectivity index (χ4n) is 2.10. The lowest BCUT2D eigenvalue weighted by atomic mass is 10.1. The number of nitrogens with zero attached hydrogens (tertiary/aromatic N) is 1. The van der Waals surface area contributed by atoms with Crippen LogP contribution in [0.5, 0.6) is 5.75 Å². The first-order chi connectivity index (χ1) is 9.17.